The van der Waals surface area contributed by atoms with E-state index in [4.69, 9.17) is 9.57 Å². The van der Waals surface area contributed by atoms with Crippen LogP contribution in [0.4, 0.5) is 4.79 Å². The van der Waals surface area contributed by atoms with Crippen LogP contribution in [0.1, 0.15) is 12.8 Å². The van der Waals surface area contributed by atoms with Gasteiger partial charge in [-0.2, -0.15) is 0 Å². The summed E-state index contributed by atoms with van der Waals surface area (Å²) in [6, 6.07) is 0. The highest BCUT2D eigenvalue weighted by molar-refractivity contribution is 5.67. The van der Waals surface area contributed by atoms with Crippen molar-refractivity contribution < 1.29 is 14.4 Å². The summed E-state index contributed by atoms with van der Waals surface area (Å²) in [7, 11) is 3.22. The first kappa shape index (κ1) is 10.3. The quantitative estimate of drug-likeness (QED) is 0.482. The number of hydrogen-bond acceptors (Lipinski definition) is 4. The highest BCUT2D eigenvalue weighted by Crippen LogP contribution is 2.09. The third kappa shape index (κ3) is 3.20. The molecule has 0 spiro atoms. The van der Waals surface area contributed by atoms with Crippen molar-refractivity contribution in [2.24, 2.45) is 0 Å². The number of hydrogen-bond donors (Lipinski definition) is 0. The number of hydroxylamine groups is 2. The predicted octanol–water partition coefficient (Wildman–Crippen LogP) is 0.670. The molecular formula is C8H16N2O3. The molecule has 0 unspecified atom stereocenters. The normalized spacial score (nSPS) is 16.7. The molecular weight excluding hydrogens is 172 g/mol. The Morgan fingerprint density at radius 2 is 2.08 bits per heavy atom. The van der Waals surface area contributed by atoms with E-state index < -0.39 is 0 Å². The van der Waals surface area contributed by atoms with Gasteiger partial charge in [-0.3, -0.25) is 0 Å². The number of carbonyl (C=O) groups excluding carboxylic acids is 1. The third-order valence-electron chi connectivity index (χ3n) is 1.91. The van der Waals surface area contributed by atoms with Gasteiger partial charge in [0.15, 0.2) is 0 Å². The molecule has 0 radical (unpaired) electrons. The van der Waals surface area contributed by atoms with Crippen molar-refractivity contribution in [1.82, 2.24) is 9.96 Å². The van der Waals surface area contributed by atoms with Gasteiger partial charge < -0.3 is 14.5 Å². The van der Waals surface area contributed by atoms with E-state index in [1.54, 1.807) is 19.1 Å². The molecule has 0 bridgehead atoms. The summed E-state index contributed by atoms with van der Waals surface area (Å²) in [5, 5.41) is 1.38. The van der Waals surface area contributed by atoms with Crippen LogP contribution in [0.25, 0.3) is 0 Å². The Hall–Kier alpha value is -0.810. The Labute approximate surface area is 78.2 Å². The van der Waals surface area contributed by atoms with Gasteiger partial charge in [0.2, 0.25) is 0 Å². The van der Waals surface area contributed by atoms with Gasteiger partial charge in [-0.1, -0.05) is 0 Å². The zero-order valence-corrected chi connectivity index (χ0v) is 8.15. The van der Waals surface area contributed by atoms with Gasteiger partial charge in [-0.05, 0) is 12.8 Å². The minimum absolute atomic E-state index is 0.281. The smallest absolute Gasteiger partial charge is 0.366 e. The number of likely N-dealkylation sites (tertiary alicyclic amines) is 1. The maximum absolute atomic E-state index is 11.3. The molecule has 1 aliphatic rings. The fraction of sp³-hybridized carbons (Fsp3) is 0.875. The lowest BCUT2D eigenvalue weighted by Gasteiger charge is -2.19. The Bertz CT molecular complexity index is 169. The van der Waals surface area contributed by atoms with Crippen LogP contribution < -0.4 is 0 Å². The molecule has 5 heteroatoms. The highest BCUT2D eigenvalue weighted by Gasteiger charge is 2.20. The molecule has 1 amide bonds. The van der Waals surface area contributed by atoms with Crippen molar-refractivity contribution in [2.75, 3.05) is 34.0 Å². The van der Waals surface area contributed by atoms with Crippen molar-refractivity contribution in [3.8, 4) is 0 Å². The van der Waals surface area contributed by atoms with Crippen LogP contribution in [0.5, 0.6) is 0 Å². The molecule has 0 aromatic rings. The van der Waals surface area contributed by atoms with Gasteiger partial charge in [0.1, 0.15) is 6.73 Å². The second-order valence-corrected chi connectivity index (χ2v) is 3.10. The molecule has 76 valence electrons. The van der Waals surface area contributed by atoms with Crippen LogP contribution in [0.15, 0.2) is 0 Å². The van der Waals surface area contributed by atoms with E-state index >= 15 is 0 Å². The zero-order chi connectivity index (χ0) is 9.68. The van der Waals surface area contributed by atoms with Gasteiger partial charge in [0.05, 0.1) is 0 Å². The molecule has 0 atom stereocenters. The predicted molar refractivity (Wildman–Crippen MR) is 46.9 cm³/mol. The molecule has 1 aliphatic heterocycles. The first-order chi connectivity index (χ1) is 6.24. The number of methoxy groups -OCH3 is 1. The van der Waals surface area contributed by atoms with Crippen molar-refractivity contribution >= 4 is 6.09 Å². The standard InChI is InChI=1S/C8H16N2O3/c1-9(7-12-2)13-8(11)10-5-3-4-6-10/h3-7H2,1-2H3. The summed E-state index contributed by atoms with van der Waals surface area (Å²) < 4.78 is 4.80. The summed E-state index contributed by atoms with van der Waals surface area (Å²) in [6.45, 7) is 1.90. The first-order valence-corrected chi connectivity index (χ1v) is 4.41. The molecule has 13 heavy (non-hydrogen) atoms. The first-order valence-electron chi connectivity index (χ1n) is 4.41. The molecule has 1 heterocycles. The zero-order valence-electron chi connectivity index (χ0n) is 8.15. The van der Waals surface area contributed by atoms with Crippen LogP contribution in [0.3, 0.4) is 0 Å². The summed E-state index contributed by atoms with van der Waals surface area (Å²) in [5.41, 5.74) is 0. The van der Waals surface area contributed by atoms with Crippen molar-refractivity contribution in [3.05, 3.63) is 0 Å². The van der Waals surface area contributed by atoms with Gasteiger partial charge in [-0.15, -0.1) is 5.06 Å². The van der Waals surface area contributed by atoms with Crippen LogP contribution in [-0.4, -0.2) is 50.0 Å². The summed E-state index contributed by atoms with van der Waals surface area (Å²) in [5.74, 6) is 0. The topological polar surface area (TPSA) is 42.0 Å². The molecule has 0 aromatic carbocycles. The minimum atomic E-state index is -0.281. The van der Waals surface area contributed by atoms with Crippen molar-refractivity contribution in [2.45, 2.75) is 12.8 Å². The minimum Gasteiger partial charge on any atom is -0.366 e. The Morgan fingerprint density at radius 3 is 2.62 bits per heavy atom. The van der Waals surface area contributed by atoms with Crippen LogP contribution in [0.2, 0.25) is 0 Å². The lowest BCUT2D eigenvalue weighted by molar-refractivity contribution is -0.143. The fourth-order valence-corrected chi connectivity index (χ4v) is 1.30. The summed E-state index contributed by atoms with van der Waals surface area (Å²) in [6.07, 6.45) is 1.86. The Morgan fingerprint density at radius 1 is 1.46 bits per heavy atom. The van der Waals surface area contributed by atoms with E-state index in [1.165, 1.54) is 5.06 Å². The lowest BCUT2D eigenvalue weighted by Crippen LogP contribution is -2.34. The van der Waals surface area contributed by atoms with Crippen LogP contribution in [0, 0.1) is 0 Å². The number of amides is 1. The molecule has 0 aromatic heterocycles. The number of ether oxygens (including phenoxy) is 1. The summed E-state index contributed by atoms with van der Waals surface area (Å²) >= 11 is 0. The maximum Gasteiger partial charge on any atom is 0.429 e. The van der Waals surface area contributed by atoms with E-state index in [0.29, 0.717) is 6.73 Å². The second kappa shape index (κ2) is 5.04. The van der Waals surface area contributed by atoms with E-state index in [1.807, 2.05) is 0 Å². The summed E-state index contributed by atoms with van der Waals surface area (Å²) in [4.78, 5) is 18.0. The molecule has 1 fully saturated rings. The van der Waals surface area contributed by atoms with Gasteiger partial charge in [0.25, 0.3) is 0 Å². The molecule has 0 saturated carbocycles. The number of rotatable bonds is 3. The SMILES string of the molecule is COCN(C)OC(=O)N1CCCC1. The maximum atomic E-state index is 11.3. The third-order valence-corrected chi connectivity index (χ3v) is 1.91. The molecule has 1 rings (SSSR count). The Kier molecular flexibility index (Phi) is 3.98. The van der Waals surface area contributed by atoms with E-state index in [9.17, 15) is 4.79 Å². The van der Waals surface area contributed by atoms with E-state index in [0.717, 1.165) is 25.9 Å². The second-order valence-electron chi connectivity index (χ2n) is 3.10. The highest BCUT2D eigenvalue weighted by atomic mass is 16.7. The van der Waals surface area contributed by atoms with E-state index in [-0.39, 0.29) is 6.09 Å². The number of nitrogens with zero attached hydrogens (tertiary/aromatic N) is 2. The number of carbonyl (C=O) groups is 1. The van der Waals surface area contributed by atoms with Gasteiger partial charge in [0, 0.05) is 27.2 Å². The average Bonchev–Trinajstić information content (AvgIpc) is 2.55. The van der Waals surface area contributed by atoms with Crippen LogP contribution >= 0.6 is 0 Å². The van der Waals surface area contributed by atoms with Crippen LogP contribution in [-0.2, 0) is 9.57 Å². The largest absolute Gasteiger partial charge is 0.429 e. The molecule has 5 nitrogen and oxygen atoms in total. The lowest BCUT2D eigenvalue weighted by atomic mass is 10.4. The van der Waals surface area contributed by atoms with Crippen molar-refractivity contribution in [3.63, 3.8) is 0 Å². The monoisotopic (exact) mass is 188 g/mol. The van der Waals surface area contributed by atoms with Gasteiger partial charge >= 0.3 is 6.09 Å². The van der Waals surface area contributed by atoms with Crippen molar-refractivity contribution in [1.29, 1.82) is 0 Å². The van der Waals surface area contributed by atoms with E-state index in [2.05, 4.69) is 0 Å². The fourth-order valence-electron chi connectivity index (χ4n) is 1.30. The average molecular weight is 188 g/mol. The Balaban J connectivity index is 2.23. The van der Waals surface area contributed by atoms with Gasteiger partial charge in [-0.25, -0.2) is 4.79 Å². The molecule has 0 aliphatic carbocycles. The molecule has 0 N–H and O–H groups in total. The molecule has 1 saturated heterocycles.